The van der Waals surface area contributed by atoms with E-state index in [-0.39, 0.29) is 17.9 Å². The third-order valence-corrected chi connectivity index (χ3v) is 7.86. The predicted molar refractivity (Wildman–Crippen MR) is 104 cm³/mol. The van der Waals surface area contributed by atoms with Crippen LogP contribution in [0.25, 0.3) is 9.88 Å². The summed E-state index contributed by atoms with van der Waals surface area (Å²) in [5, 5.41) is 3.69. The average molecular weight is 396 g/mol. The second kappa shape index (κ2) is 7.35. The van der Waals surface area contributed by atoms with Gasteiger partial charge in [-0.2, -0.15) is 0 Å². The van der Waals surface area contributed by atoms with Gasteiger partial charge in [-0.3, -0.25) is 4.79 Å². The number of hydrogen-bond donors (Lipinski definition) is 0. The Bertz CT molecular complexity index is 753. The summed E-state index contributed by atoms with van der Waals surface area (Å²) in [5.74, 6) is 0.392. The highest BCUT2D eigenvalue weighted by Gasteiger charge is 2.39. The Morgan fingerprint density at radius 2 is 2.12 bits per heavy atom. The smallest absolute Gasteiger partial charge is 0.227 e. The first-order chi connectivity index (χ1) is 12.1. The van der Waals surface area contributed by atoms with Gasteiger partial charge in [0.05, 0.1) is 21.9 Å². The van der Waals surface area contributed by atoms with Gasteiger partial charge >= 0.3 is 0 Å². The molecule has 4 nitrogen and oxygen atoms in total. The topological polar surface area (TPSA) is 36.4 Å². The van der Waals surface area contributed by atoms with Crippen LogP contribution in [-0.2, 0) is 4.79 Å². The summed E-state index contributed by atoms with van der Waals surface area (Å²) in [5.41, 5.74) is 0. The fourth-order valence-corrected chi connectivity index (χ4v) is 6.26. The Balaban J connectivity index is 1.48. The van der Waals surface area contributed by atoms with Crippen LogP contribution in [0.2, 0.25) is 5.02 Å². The summed E-state index contributed by atoms with van der Waals surface area (Å²) < 4.78 is 0. The van der Waals surface area contributed by atoms with Crippen molar-refractivity contribution in [1.29, 1.82) is 0 Å². The molecule has 2 saturated heterocycles. The first-order valence-electron chi connectivity index (χ1n) is 8.81. The van der Waals surface area contributed by atoms with Crippen LogP contribution >= 0.6 is 34.3 Å². The van der Waals surface area contributed by atoms with Crippen molar-refractivity contribution in [3.63, 3.8) is 0 Å². The molecule has 0 bridgehead atoms. The Morgan fingerprint density at radius 1 is 1.32 bits per heavy atom. The molecule has 4 rings (SSSR count). The lowest BCUT2D eigenvalue weighted by Crippen LogP contribution is -2.36. The molecular formula is C18H22ClN3OS2. The number of carbonyl (C=O) groups excluding carboxylic acids is 1. The van der Waals surface area contributed by atoms with Crippen LogP contribution in [0.3, 0.4) is 0 Å². The number of halogens is 1. The molecule has 2 aromatic rings. The van der Waals surface area contributed by atoms with Gasteiger partial charge < -0.3 is 9.80 Å². The largest absolute Gasteiger partial charge is 0.338 e. The van der Waals surface area contributed by atoms with Crippen LogP contribution in [0, 0.1) is 5.92 Å². The van der Waals surface area contributed by atoms with Crippen molar-refractivity contribution in [2.45, 2.75) is 31.7 Å². The molecule has 2 aliphatic heterocycles. The highest BCUT2D eigenvalue weighted by molar-refractivity contribution is 7.21. The van der Waals surface area contributed by atoms with Crippen molar-refractivity contribution < 1.29 is 4.79 Å². The summed E-state index contributed by atoms with van der Waals surface area (Å²) in [6, 6.07) is 2.05. The number of aromatic nitrogens is 1. The number of likely N-dealkylation sites (tertiary alicyclic amines) is 2. The van der Waals surface area contributed by atoms with E-state index < -0.39 is 0 Å². The Morgan fingerprint density at radius 3 is 2.84 bits per heavy atom. The second-order valence-corrected chi connectivity index (χ2v) is 9.31. The zero-order valence-electron chi connectivity index (χ0n) is 14.3. The standard InChI is InChI=1S/C18H22ClN3OS2/c1-21-14(9-12(18(21)23)11-22-6-3-2-4-7-22)15-10-20-17(25-15)16-13(19)5-8-24-16/h5,8,10,12,14H,2-4,6-7,9,11H2,1H3. The number of carbonyl (C=O) groups is 1. The molecule has 25 heavy (non-hydrogen) atoms. The third kappa shape index (κ3) is 3.50. The summed E-state index contributed by atoms with van der Waals surface area (Å²) >= 11 is 9.51. The minimum atomic E-state index is 0.115. The van der Waals surface area contributed by atoms with E-state index in [4.69, 9.17) is 11.6 Å². The van der Waals surface area contributed by atoms with E-state index in [0.717, 1.165) is 45.8 Å². The first-order valence-corrected chi connectivity index (χ1v) is 10.9. The average Bonchev–Trinajstić information content (AvgIpc) is 3.32. The van der Waals surface area contributed by atoms with E-state index in [1.165, 1.54) is 19.3 Å². The molecule has 2 aromatic heterocycles. The van der Waals surface area contributed by atoms with Crippen molar-refractivity contribution in [2.75, 3.05) is 26.7 Å². The summed E-state index contributed by atoms with van der Waals surface area (Å²) in [7, 11) is 1.93. The molecule has 0 aromatic carbocycles. The molecule has 2 unspecified atom stereocenters. The van der Waals surface area contributed by atoms with Gasteiger partial charge in [-0.1, -0.05) is 18.0 Å². The van der Waals surface area contributed by atoms with Crippen molar-refractivity contribution >= 4 is 40.2 Å². The normalized spacial score (nSPS) is 25.0. The predicted octanol–water partition coefficient (Wildman–Crippen LogP) is 4.53. The van der Waals surface area contributed by atoms with Gasteiger partial charge in [0.2, 0.25) is 5.91 Å². The lowest BCUT2D eigenvalue weighted by Gasteiger charge is -2.28. The molecule has 1 amide bonds. The van der Waals surface area contributed by atoms with Gasteiger partial charge in [0.1, 0.15) is 5.01 Å². The van der Waals surface area contributed by atoms with Crippen LogP contribution in [0.5, 0.6) is 0 Å². The first kappa shape index (κ1) is 17.5. The molecule has 0 N–H and O–H groups in total. The van der Waals surface area contributed by atoms with E-state index in [1.807, 2.05) is 29.6 Å². The Kier molecular flexibility index (Phi) is 5.13. The molecule has 4 heterocycles. The van der Waals surface area contributed by atoms with Gasteiger partial charge in [0, 0.05) is 24.7 Å². The lowest BCUT2D eigenvalue weighted by atomic mass is 10.0. The number of piperidine rings is 1. The molecular weight excluding hydrogens is 374 g/mol. The van der Waals surface area contributed by atoms with Gasteiger partial charge in [0.25, 0.3) is 0 Å². The van der Waals surface area contributed by atoms with Crippen molar-refractivity contribution in [2.24, 2.45) is 5.92 Å². The van der Waals surface area contributed by atoms with Crippen LogP contribution in [0.1, 0.15) is 36.6 Å². The molecule has 2 atom stereocenters. The molecule has 0 aliphatic carbocycles. The highest BCUT2D eigenvalue weighted by atomic mass is 35.5. The minimum Gasteiger partial charge on any atom is -0.338 e. The maximum atomic E-state index is 12.7. The van der Waals surface area contributed by atoms with Gasteiger partial charge in [-0.25, -0.2) is 4.98 Å². The van der Waals surface area contributed by atoms with Gasteiger partial charge in [-0.15, -0.1) is 22.7 Å². The van der Waals surface area contributed by atoms with Crippen LogP contribution < -0.4 is 0 Å². The fraction of sp³-hybridized carbons (Fsp3) is 0.556. The molecule has 0 radical (unpaired) electrons. The van der Waals surface area contributed by atoms with E-state index in [2.05, 4.69) is 9.88 Å². The number of nitrogens with zero attached hydrogens (tertiary/aromatic N) is 3. The summed E-state index contributed by atoms with van der Waals surface area (Å²) in [6.07, 6.45) is 6.67. The quantitative estimate of drug-likeness (QED) is 0.763. The molecule has 0 spiro atoms. The van der Waals surface area contributed by atoms with E-state index >= 15 is 0 Å². The van der Waals surface area contributed by atoms with E-state index in [0.29, 0.717) is 0 Å². The zero-order valence-corrected chi connectivity index (χ0v) is 16.7. The van der Waals surface area contributed by atoms with Crippen LogP contribution in [0.15, 0.2) is 17.6 Å². The lowest BCUT2D eigenvalue weighted by molar-refractivity contribution is -0.131. The minimum absolute atomic E-state index is 0.115. The summed E-state index contributed by atoms with van der Waals surface area (Å²) in [4.78, 5) is 23.8. The molecule has 0 saturated carbocycles. The number of thiazole rings is 1. The van der Waals surface area contributed by atoms with Crippen molar-refractivity contribution in [3.05, 3.63) is 27.5 Å². The maximum absolute atomic E-state index is 12.7. The monoisotopic (exact) mass is 395 g/mol. The molecule has 2 aliphatic rings. The number of hydrogen-bond acceptors (Lipinski definition) is 5. The third-order valence-electron chi connectivity index (χ3n) is 5.26. The second-order valence-electron chi connectivity index (χ2n) is 6.92. The molecule has 2 fully saturated rings. The van der Waals surface area contributed by atoms with E-state index in [1.54, 1.807) is 22.7 Å². The summed E-state index contributed by atoms with van der Waals surface area (Å²) in [6.45, 7) is 3.18. The molecule has 7 heteroatoms. The van der Waals surface area contributed by atoms with Gasteiger partial charge in [0.15, 0.2) is 0 Å². The van der Waals surface area contributed by atoms with Crippen molar-refractivity contribution in [1.82, 2.24) is 14.8 Å². The van der Waals surface area contributed by atoms with Crippen molar-refractivity contribution in [3.8, 4) is 9.88 Å². The fourth-order valence-electron chi connectivity index (χ4n) is 3.88. The highest BCUT2D eigenvalue weighted by Crippen LogP contribution is 2.42. The van der Waals surface area contributed by atoms with Crippen LogP contribution in [-0.4, -0.2) is 47.4 Å². The van der Waals surface area contributed by atoms with Crippen LogP contribution in [0.4, 0.5) is 0 Å². The molecule has 134 valence electrons. The number of amides is 1. The number of thiophene rings is 1. The van der Waals surface area contributed by atoms with E-state index in [9.17, 15) is 4.79 Å². The number of rotatable bonds is 4. The SMILES string of the molecule is CN1C(=O)C(CN2CCCCC2)CC1c1cnc(-c2sccc2Cl)s1. The Labute approximate surface area is 161 Å². The maximum Gasteiger partial charge on any atom is 0.227 e. The van der Waals surface area contributed by atoms with Gasteiger partial charge in [-0.05, 0) is 43.8 Å². The zero-order chi connectivity index (χ0) is 17.4. The Hall–Kier alpha value is -0.950.